The first-order valence-electron chi connectivity index (χ1n) is 11.1. The van der Waals surface area contributed by atoms with E-state index in [0.29, 0.717) is 19.3 Å². The van der Waals surface area contributed by atoms with Crippen LogP contribution in [0.5, 0.6) is 0 Å². The molecule has 0 aliphatic heterocycles. The molecule has 0 aliphatic rings. The normalized spacial score (nSPS) is 14.5. The Morgan fingerprint density at radius 1 is 0.615 bits per heavy atom. The highest BCUT2D eigenvalue weighted by atomic mass is 32.2. The van der Waals surface area contributed by atoms with Gasteiger partial charge in [0, 0.05) is 0 Å². The van der Waals surface area contributed by atoms with Crippen molar-refractivity contribution in [3.8, 4) is 0 Å². The van der Waals surface area contributed by atoms with Crippen molar-refractivity contribution in [3.05, 3.63) is 0 Å². The van der Waals surface area contributed by atoms with Crippen LogP contribution in [0.3, 0.4) is 0 Å². The maximum Gasteiger partial charge on any atom is 0.267 e. The number of aliphatic hydroxyl groups excluding tert-OH is 1. The van der Waals surface area contributed by atoms with Gasteiger partial charge in [0.25, 0.3) is 10.1 Å². The highest BCUT2D eigenvalue weighted by Gasteiger charge is 2.23. The van der Waals surface area contributed by atoms with Gasteiger partial charge in [-0.05, 0) is 25.7 Å². The van der Waals surface area contributed by atoms with E-state index in [1.165, 1.54) is 57.8 Å². The lowest BCUT2D eigenvalue weighted by Gasteiger charge is -2.16. The Labute approximate surface area is 162 Å². The van der Waals surface area contributed by atoms with Gasteiger partial charge in [-0.3, -0.25) is 4.55 Å². The summed E-state index contributed by atoms with van der Waals surface area (Å²) in [5.41, 5.74) is 0. The predicted molar refractivity (Wildman–Crippen MR) is 111 cm³/mol. The van der Waals surface area contributed by atoms with Crippen molar-refractivity contribution >= 4 is 10.1 Å². The molecule has 5 heteroatoms. The van der Waals surface area contributed by atoms with Crippen LogP contribution < -0.4 is 0 Å². The summed E-state index contributed by atoms with van der Waals surface area (Å²) in [6, 6.07) is 0. The molecule has 0 heterocycles. The Bertz CT molecular complexity index is 395. The van der Waals surface area contributed by atoms with Gasteiger partial charge in [0.2, 0.25) is 0 Å². The molecule has 4 nitrogen and oxygen atoms in total. The molecule has 0 aliphatic carbocycles. The molecule has 0 aromatic heterocycles. The average Bonchev–Trinajstić information content (AvgIpc) is 2.58. The molecule has 0 aromatic rings. The maximum atomic E-state index is 11.4. The van der Waals surface area contributed by atoms with Gasteiger partial charge in [-0.15, -0.1) is 0 Å². The first kappa shape index (κ1) is 25.9. The molecule has 0 radical (unpaired) electrons. The van der Waals surface area contributed by atoms with Gasteiger partial charge in [0.05, 0.1) is 11.4 Å². The van der Waals surface area contributed by atoms with Crippen LogP contribution in [0.15, 0.2) is 0 Å². The van der Waals surface area contributed by atoms with Crippen molar-refractivity contribution in [1.82, 2.24) is 0 Å². The SMILES string of the molecule is CCCCCCCCCCCCCC(O)CCC(CCCC)S(=O)(=O)O. The molecule has 0 amide bonds. The summed E-state index contributed by atoms with van der Waals surface area (Å²) in [7, 11) is -3.99. The summed E-state index contributed by atoms with van der Waals surface area (Å²) < 4.78 is 32.1. The smallest absolute Gasteiger partial charge is 0.267 e. The average molecular weight is 393 g/mol. The second-order valence-corrected chi connectivity index (χ2v) is 9.53. The van der Waals surface area contributed by atoms with Crippen molar-refractivity contribution < 1.29 is 18.1 Å². The van der Waals surface area contributed by atoms with Crippen LogP contribution in [0.1, 0.15) is 123 Å². The third-order valence-corrected chi connectivity index (χ3v) is 6.58. The lowest BCUT2D eigenvalue weighted by atomic mass is 10.0. The first-order valence-corrected chi connectivity index (χ1v) is 12.6. The van der Waals surface area contributed by atoms with Gasteiger partial charge in [0.15, 0.2) is 0 Å². The molecule has 0 spiro atoms. The summed E-state index contributed by atoms with van der Waals surface area (Å²) in [6.45, 7) is 4.25. The Kier molecular flexibility index (Phi) is 16.9. The van der Waals surface area contributed by atoms with Crippen LogP contribution in [-0.4, -0.2) is 29.4 Å². The van der Waals surface area contributed by atoms with Crippen molar-refractivity contribution in [2.45, 2.75) is 134 Å². The van der Waals surface area contributed by atoms with Crippen molar-refractivity contribution in [1.29, 1.82) is 0 Å². The van der Waals surface area contributed by atoms with Crippen molar-refractivity contribution in [2.75, 3.05) is 0 Å². The monoisotopic (exact) mass is 392 g/mol. The summed E-state index contributed by atoms with van der Waals surface area (Å²) in [4.78, 5) is 0. The van der Waals surface area contributed by atoms with Crippen LogP contribution in [-0.2, 0) is 10.1 Å². The third kappa shape index (κ3) is 16.1. The van der Waals surface area contributed by atoms with Crippen LogP contribution in [0.25, 0.3) is 0 Å². The van der Waals surface area contributed by atoms with Crippen LogP contribution in [0, 0.1) is 0 Å². The quantitative estimate of drug-likeness (QED) is 0.200. The lowest BCUT2D eigenvalue weighted by Crippen LogP contribution is -2.22. The van der Waals surface area contributed by atoms with E-state index in [1.54, 1.807) is 0 Å². The maximum absolute atomic E-state index is 11.4. The standard InChI is InChI=1S/C21H44O4S/c1-3-5-7-8-9-10-11-12-13-14-15-16-20(22)18-19-21(17-6-4-2)26(23,24)25/h20-22H,3-19H2,1-2H3,(H,23,24,25). The first-order chi connectivity index (χ1) is 12.4. The Morgan fingerprint density at radius 3 is 1.54 bits per heavy atom. The van der Waals surface area contributed by atoms with Crippen LogP contribution in [0.4, 0.5) is 0 Å². The van der Waals surface area contributed by atoms with E-state index in [-0.39, 0.29) is 0 Å². The molecule has 2 atom stereocenters. The number of rotatable bonds is 19. The van der Waals surface area contributed by atoms with Crippen LogP contribution in [0.2, 0.25) is 0 Å². The molecule has 2 unspecified atom stereocenters. The second kappa shape index (κ2) is 17.0. The number of unbranched alkanes of at least 4 members (excludes halogenated alkanes) is 11. The van der Waals surface area contributed by atoms with Gasteiger partial charge in [-0.1, -0.05) is 97.3 Å². The zero-order valence-corrected chi connectivity index (χ0v) is 18.1. The van der Waals surface area contributed by atoms with E-state index in [0.717, 1.165) is 32.1 Å². The minimum atomic E-state index is -3.99. The zero-order chi connectivity index (χ0) is 19.7. The summed E-state index contributed by atoms with van der Waals surface area (Å²) >= 11 is 0. The topological polar surface area (TPSA) is 74.6 Å². The predicted octanol–water partition coefficient (Wildman–Crippen LogP) is 6.28. The van der Waals surface area contributed by atoms with Gasteiger partial charge >= 0.3 is 0 Å². The van der Waals surface area contributed by atoms with Gasteiger partial charge in [-0.2, -0.15) is 8.42 Å². The second-order valence-electron chi connectivity index (χ2n) is 7.83. The number of hydrogen-bond acceptors (Lipinski definition) is 3. The van der Waals surface area contributed by atoms with Gasteiger partial charge in [-0.25, -0.2) is 0 Å². The molecule has 0 aromatic carbocycles. The van der Waals surface area contributed by atoms with E-state index >= 15 is 0 Å². The molecule has 0 saturated carbocycles. The summed E-state index contributed by atoms with van der Waals surface area (Å²) in [6.07, 6.45) is 17.4. The largest absolute Gasteiger partial charge is 0.393 e. The molecule has 0 rings (SSSR count). The third-order valence-electron chi connectivity index (χ3n) is 5.26. The highest BCUT2D eigenvalue weighted by Crippen LogP contribution is 2.19. The molecule has 0 bridgehead atoms. The minimum Gasteiger partial charge on any atom is -0.393 e. The van der Waals surface area contributed by atoms with E-state index in [4.69, 9.17) is 0 Å². The molecule has 2 N–H and O–H groups in total. The van der Waals surface area contributed by atoms with Crippen molar-refractivity contribution in [3.63, 3.8) is 0 Å². The Hall–Kier alpha value is -0.130. The molecule has 26 heavy (non-hydrogen) atoms. The minimum absolute atomic E-state index is 0.359. The molecule has 0 fully saturated rings. The van der Waals surface area contributed by atoms with E-state index < -0.39 is 21.5 Å². The summed E-state index contributed by atoms with van der Waals surface area (Å²) in [5.74, 6) is 0. The lowest BCUT2D eigenvalue weighted by molar-refractivity contribution is 0.147. The Morgan fingerprint density at radius 2 is 1.08 bits per heavy atom. The fourth-order valence-corrected chi connectivity index (χ4v) is 4.34. The van der Waals surface area contributed by atoms with E-state index in [2.05, 4.69) is 6.92 Å². The molecule has 0 saturated heterocycles. The van der Waals surface area contributed by atoms with E-state index in [9.17, 15) is 18.1 Å². The number of aliphatic hydroxyl groups is 1. The number of hydrogen-bond donors (Lipinski definition) is 2. The molecule has 158 valence electrons. The van der Waals surface area contributed by atoms with Gasteiger partial charge < -0.3 is 5.11 Å². The Balaban J connectivity index is 3.60. The summed E-state index contributed by atoms with van der Waals surface area (Å²) in [5, 5.41) is 9.34. The molecular formula is C21H44O4S. The highest BCUT2D eigenvalue weighted by molar-refractivity contribution is 7.86. The van der Waals surface area contributed by atoms with Crippen molar-refractivity contribution in [2.24, 2.45) is 0 Å². The fraction of sp³-hybridized carbons (Fsp3) is 1.00. The van der Waals surface area contributed by atoms with Gasteiger partial charge in [0.1, 0.15) is 0 Å². The fourth-order valence-electron chi connectivity index (χ4n) is 3.44. The van der Waals surface area contributed by atoms with E-state index in [1.807, 2.05) is 6.92 Å². The zero-order valence-electron chi connectivity index (χ0n) is 17.3. The van der Waals surface area contributed by atoms with Crippen LogP contribution >= 0.6 is 0 Å². The molecular weight excluding hydrogens is 348 g/mol.